The molecular formula is C15H18ClNO2. The summed E-state index contributed by atoms with van der Waals surface area (Å²) in [5.74, 6) is -0.291. The molecule has 0 aliphatic heterocycles. The Morgan fingerprint density at radius 1 is 1.42 bits per heavy atom. The number of carbonyl (C=O) groups excluding carboxylic acids is 1. The van der Waals surface area contributed by atoms with Crippen molar-refractivity contribution in [2.45, 2.75) is 37.6 Å². The third-order valence-corrected chi connectivity index (χ3v) is 5.18. The lowest BCUT2D eigenvalue weighted by atomic mass is 9.31. The van der Waals surface area contributed by atoms with Crippen LogP contribution in [0.15, 0.2) is 18.2 Å². The fourth-order valence-electron chi connectivity index (χ4n) is 4.08. The van der Waals surface area contributed by atoms with Gasteiger partial charge in [-0.2, -0.15) is 0 Å². The van der Waals surface area contributed by atoms with E-state index in [1.807, 2.05) is 12.1 Å². The largest absolute Gasteiger partial charge is 0.468 e. The number of hydrogen-bond acceptors (Lipinski definition) is 3. The van der Waals surface area contributed by atoms with Crippen molar-refractivity contribution >= 4 is 17.6 Å². The number of aryl methyl sites for hydroxylation is 1. The van der Waals surface area contributed by atoms with Crippen LogP contribution in [0, 0.1) is 12.3 Å². The third-order valence-electron chi connectivity index (χ3n) is 4.95. The van der Waals surface area contributed by atoms with E-state index in [-0.39, 0.29) is 16.8 Å². The summed E-state index contributed by atoms with van der Waals surface area (Å²) in [4.78, 5) is 11.6. The van der Waals surface area contributed by atoms with Crippen molar-refractivity contribution in [1.29, 1.82) is 0 Å². The molecule has 1 aromatic carbocycles. The Labute approximate surface area is 118 Å². The van der Waals surface area contributed by atoms with Gasteiger partial charge in [0.15, 0.2) is 0 Å². The first-order valence-electron chi connectivity index (χ1n) is 6.53. The summed E-state index contributed by atoms with van der Waals surface area (Å²) in [5, 5.41) is 0.772. The van der Waals surface area contributed by atoms with Crippen molar-refractivity contribution in [3.8, 4) is 0 Å². The van der Waals surface area contributed by atoms with Gasteiger partial charge in [-0.25, -0.2) is 0 Å². The molecule has 3 aliphatic rings. The van der Waals surface area contributed by atoms with Gasteiger partial charge >= 0.3 is 5.97 Å². The number of methoxy groups -OCH3 is 1. The maximum Gasteiger partial charge on any atom is 0.323 e. The monoisotopic (exact) mass is 279 g/mol. The minimum Gasteiger partial charge on any atom is -0.468 e. The number of nitrogens with two attached hydrogens (primary N) is 1. The molecule has 0 spiro atoms. The Hall–Kier alpha value is -1.06. The molecule has 19 heavy (non-hydrogen) atoms. The maximum atomic E-state index is 11.6. The number of halogens is 1. The van der Waals surface area contributed by atoms with E-state index in [4.69, 9.17) is 22.1 Å². The Morgan fingerprint density at radius 3 is 2.58 bits per heavy atom. The third kappa shape index (κ3) is 1.65. The molecule has 0 saturated heterocycles. The van der Waals surface area contributed by atoms with Gasteiger partial charge in [-0.1, -0.05) is 17.7 Å². The molecule has 3 aliphatic carbocycles. The molecule has 102 valence electrons. The first kappa shape index (κ1) is 12.9. The van der Waals surface area contributed by atoms with Crippen LogP contribution in [0.25, 0.3) is 0 Å². The van der Waals surface area contributed by atoms with Gasteiger partial charge in [-0.15, -0.1) is 0 Å². The van der Waals surface area contributed by atoms with Crippen LogP contribution in [-0.4, -0.2) is 19.1 Å². The van der Waals surface area contributed by atoms with Crippen molar-refractivity contribution in [1.82, 2.24) is 0 Å². The minimum atomic E-state index is -0.480. The van der Waals surface area contributed by atoms with E-state index in [2.05, 4.69) is 13.0 Å². The lowest BCUT2D eigenvalue weighted by Crippen LogP contribution is -2.72. The summed E-state index contributed by atoms with van der Waals surface area (Å²) >= 11 is 6.00. The molecule has 0 aromatic heterocycles. The molecule has 2 N–H and O–H groups in total. The summed E-state index contributed by atoms with van der Waals surface area (Å²) in [5.41, 5.74) is 8.79. The molecule has 3 nitrogen and oxygen atoms in total. The van der Waals surface area contributed by atoms with Crippen LogP contribution in [0.4, 0.5) is 0 Å². The normalized spacial score (nSPS) is 33.1. The Kier molecular flexibility index (Phi) is 2.70. The van der Waals surface area contributed by atoms with E-state index in [1.54, 1.807) is 0 Å². The fraction of sp³-hybridized carbons (Fsp3) is 0.533. The lowest BCUT2D eigenvalue weighted by Gasteiger charge is -2.72. The lowest BCUT2D eigenvalue weighted by molar-refractivity contribution is -0.181. The quantitative estimate of drug-likeness (QED) is 0.865. The van der Waals surface area contributed by atoms with Gasteiger partial charge in [0, 0.05) is 5.02 Å². The van der Waals surface area contributed by atoms with Gasteiger partial charge in [-0.3, -0.25) is 4.79 Å². The van der Waals surface area contributed by atoms with Crippen LogP contribution < -0.4 is 5.73 Å². The van der Waals surface area contributed by atoms with Gasteiger partial charge < -0.3 is 10.5 Å². The highest BCUT2D eigenvalue weighted by molar-refractivity contribution is 6.30. The van der Waals surface area contributed by atoms with Crippen LogP contribution in [-0.2, 0) is 14.9 Å². The van der Waals surface area contributed by atoms with Crippen molar-refractivity contribution in [3.63, 3.8) is 0 Å². The Balaban J connectivity index is 1.78. The minimum absolute atomic E-state index is 0.0286. The number of benzene rings is 1. The first-order chi connectivity index (χ1) is 8.92. The zero-order valence-electron chi connectivity index (χ0n) is 11.2. The van der Waals surface area contributed by atoms with Crippen molar-refractivity contribution in [3.05, 3.63) is 34.3 Å². The molecule has 3 fully saturated rings. The highest BCUT2D eigenvalue weighted by Crippen LogP contribution is 2.75. The summed E-state index contributed by atoms with van der Waals surface area (Å²) < 4.78 is 4.76. The number of carbonyl (C=O) groups is 1. The second-order valence-corrected chi connectivity index (χ2v) is 6.57. The van der Waals surface area contributed by atoms with Crippen LogP contribution in [0.2, 0.25) is 5.02 Å². The van der Waals surface area contributed by atoms with Crippen LogP contribution in [0.1, 0.15) is 30.4 Å². The van der Waals surface area contributed by atoms with Crippen molar-refractivity contribution in [2.75, 3.05) is 7.11 Å². The smallest absolute Gasteiger partial charge is 0.323 e. The number of esters is 1. The topological polar surface area (TPSA) is 52.3 Å². The van der Waals surface area contributed by atoms with Gasteiger partial charge in [0.2, 0.25) is 0 Å². The number of ether oxygens (including phenoxy) is 1. The summed E-state index contributed by atoms with van der Waals surface area (Å²) in [6.07, 6.45) is 2.95. The van der Waals surface area contributed by atoms with Gasteiger partial charge in [0.1, 0.15) is 6.04 Å². The highest BCUT2D eigenvalue weighted by atomic mass is 35.5. The van der Waals surface area contributed by atoms with Crippen molar-refractivity contribution < 1.29 is 9.53 Å². The molecule has 4 heteroatoms. The van der Waals surface area contributed by atoms with Crippen molar-refractivity contribution in [2.24, 2.45) is 11.1 Å². The Bertz CT molecular complexity index is 535. The second kappa shape index (κ2) is 3.97. The van der Waals surface area contributed by atoms with E-state index in [0.717, 1.165) is 24.3 Å². The molecule has 4 rings (SSSR count). The molecule has 1 atom stereocenters. The second-order valence-electron chi connectivity index (χ2n) is 6.13. The van der Waals surface area contributed by atoms with E-state index >= 15 is 0 Å². The first-order valence-corrected chi connectivity index (χ1v) is 6.90. The predicted octanol–water partition coefficient (Wildman–Crippen LogP) is 2.57. The van der Waals surface area contributed by atoms with Gasteiger partial charge in [0.05, 0.1) is 7.11 Å². The molecular weight excluding hydrogens is 262 g/mol. The number of rotatable bonds is 3. The molecule has 1 unspecified atom stereocenters. The average molecular weight is 280 g/mol. The zero-order chi connectivity index (χ0) is 13.8. The van der Waals surface area contributed by atoms with Gasteiger partial charge in [-0.05, 0) is 60.3 Å². The van der Waals surface area contributed by atoms with Crippen LogP contribution in [0.3, 0.4) is 0 Å². The van der Waals surface area contributed by atoms with Crippen LogP contribution in [0.5, 0.6) is 0 Å². The Morgan fingerprint density at radius 2 is 2.05 bits per heavy atom. The number of hydrogen-bond donors (Lipinski definition) is 1. The highest BCUT2D eigenvalue weighted by Gasteiger charge is 2.71. The van der Waals surface area contributed by atoms with Gasteiger partial charge in [0.25, 0.3) is 0 Å². The van der Waals surface area contributed by atoms with E-state index in [1.165, 1.54) is 18.2 Å². The molecule has 3 saturated carbocycles. The molecule has 0 radical (unpaired) electrons. The summed E-state index contributed by atoms with van der Waals surface area (Å²) in [6.45, 7) is 2.09. The van der Waals surface area contributed by atoms with E-state index in [9.17, 15) is 4.79 Å². The van der Waals surface area contributed by atoms with E-state index in [0.29, 0.717) is 0 Å². The average Bonchev–Trinajstić information content (AvgIpc) is 2.27. The molecule has 1 aromatic rings. The molecule has 0 amide bonds. The molecule has 2 bridgehead atoms. The van der Waals surface area contributed by atoms with Crippen LogP contribution >= 0.6 is 11.6 Å². The fourth-order valence-corrected chi connectivity index (χ4v) is 4.31. The standard InChI is InChI=1S/C15H18ClNO2/c1-9-5-10(16)3-4-11(9)14-6-15(7-14,8-14)12(17)13(18)19-2/h3-5,12H,6-8,17H2,1-2H3. The maximum absolute atomic E-state index is 11.6. The summed E-state index contributed by atoms with van der Waals surface area (Å²) in [6, 6.07) is 5.58. The SMILES string of the molecule is COC(=O)C(N)C12CC(c3ccc(Cl)cc3C)(C1)C2. The molecule has 0 heterocycles. The summed E-state index contributed by atoms with van der Waals surface area (Å²) in [7, 11) is 1.40. The van der Waals surface area contributed by atoms with E-state index < -0.39 is 6.04 Å². The predicted molar refractivity (Wildman–Crippen MR) is 74.1 cm³/mol. The zero-order valence-corrected chi connectivity index (χ0v) is 12.0.